The van der Waals surface area contributed by atoms with Crippen molar-refractivity contribution < 1.29 is 84.7 Å². The number of aromatic hydroxyl groups is 2. The number of nitriles is 1. The van der Waals surface area contributed by atoms with Crippen LogP contribution in [0.4, 0.5) is 44.9 Å². The van der Waals surface area contributed by atoms with Crippen LogP contribution in [0.5, 0.6) is 17.4 Å². The molecule has 424 valence electrons. The van der Waals surface area contributed by atoms with Gasteiger partial charge in [0, 0.05) is 47.6 Å². The molecule has 32 nitrogen and oxygen atoms in total. The number of fused-ring (bicyclic) bond motifs is 5. The van der Waals surface area contributed by atoms with Crippen molar-refractivity contribution >= 4 is 145 Å². The van der Waals surface area contributed by atoms with Crippen LogP contribution in [0.3, 0.4) is 0 Å². The fraction of sp³-hybridized carbons (Fsp3) is 0.186. The van der Waals surface area contributed by atoms with Crippen LogP contribution in [0.1, 0.15) is 24.0 Å². The number of imidazole rings is 1. The average Bonchev–Trinajstić information content (AvgIpc) is 3.85. The number of benzene rings is 5. The van der Waals surface area contributed by atoms with E-state index in [4.69, 9.17) is 4.74 Å². The molecule has 0 fully saturated rings. The van der Waals surface area contributed by atoms with Gasteiger partial charge in [0.15, 0.2) is 17.1 Å². The van der Waals surface area contributed by atoms with E-state index in [9.17, 15) is 90.4 Å². The van der Waals surface area contributed by atoms with Crippen molar-refractivity contribution in [2.75, 3.05) is 36.6 Å². The van der Waals surface area contributed by atoms with Crippen molar-refractivity contribution in [3.8, 4) is 23.4 Å². The number of non-ortho nitro benzene ring substituents is 1. The van der Waals surface area contributed by atoms with Gasteiger partial charge in [-0.15, -0.1) is 30.7 Å². The summed E-state index contributed by atoms with van der Waals surface area (Å²) in [5, 5.41) is 67.1. The number of nitrogens with zero attached hydrogens (tertiary/aromatic N) is 12. The van der Waals surface area contributed by atoms with Crippen LogP contribution in [0, 0.1) is 28.4 Å². The fourth-order valence-corrected chi connectivity index (χ4v) is 12.3. The largest absolute Gasteiger partial charge is 0.505 e. The number of nitro benzene ring substituents is 1. The van der Waals surface area contributed by atoms with E-state index in [2.05, 4.69) is 40.7 Å². The molecule has 0 aliphatic carbocycles. The third-order valence-corrected chi connectivity index (χ3v) is 16.9. The second-order valence-electron chi connectivity index (χ2n) is 17.0. The predicted octanol–water partition coefficient (Wildman–Crippen LogP) is 8.11. The summed E-state index contributed by atoms with van der Waals surface area (Å²) < 4.78 is 181. The summed E-state index contributed by atoms with van der Waals surface area (Å²) in [6.45, 7) is 0.593. The van der Waals surface area contributed by atoms with Gasteiger partial charge in [0.1, 0.15) is 60.3 Å². The number of hydrogen-bond acceptors (Lipinski definition) is 26. The van der Waals surface area contributed by atoms with Crippen LogP contribution in [-0.4, -0.2) is 126 Å². The average molecular weight is 1230 g/mol. The van der Waals surface area contributed by atoms with E-state index in [1.54, 1.807) is 24.3 Å². The van der Waals surface area contributed by atoms with Gasteiger partial charge in [0.2, 0.25) is 11.0 Å². The second-order valence-corrected chi connectivity index (χ2v) is 25.3. The van der Waals surface area contributed by atoms with E-state index < -0.39 is 158 Å². The first-order chi connectivity index (χ1) is 37.8. The molecule has 81 heavy (non-hydrogen) atoms. The molecule has 0 aliphatic heterocycles. The number of azo groups is 3. The summed E-state index contributed by atoms with van der Waals surface area (Å²) in [4.78, 5) is 16.8. The molecule has 0 amide bonds. The molecule has 3 aromatic heterocycles. The van der Waals surface area contributed by atoms with E-state index in [0.717, 1.165) is 37.4 Å². The SMILES string of the molecule is COc1cc(N=Nc2c(S(=O)(=O)O)cc3c(S(=O)(=O)O)c(N=Nc4c(C)c(C#N)c5nc6ccccc6n5c4O)ccc3c2O)c(N(CCCS(=O)(=O)O)CCCS(=O)(=O)O)cc1N=Nc1nc2c(S(=O)(=O)O)cc([N+](=O)[O-])cc2s1. The van der Waals surface area contributed by atoms with Crippen molar-refractivity contribution in [1.82, 2.24) is 14.4 Å². The highest BCUT2D eigenvalue weighted by Crippen LogP contribution is 2.48. The number of phenols is 1. The highest BCUT2D eigenvalue weighted by molar-refractivity contribution is 7.87. The summed E-state index contributed by atoms with van der Waals surface area (Å²) in [6.07, 6.45) is -0.792. The van der Waals surface area contributed by atoms with Gasteiger partial charge in [-0.25, -0.2) is 9.97 Å². The molecule has 8 rings (SSSR count). The number of pyridine rings is 1. The maximum absolute atomic E-state index is 13.2. The van der Waals surface area contributed by atoms with E-state index in [-0.39, 0.29) is 49.4 Å². The minimum absolute atomic E-state index is 0.0245. The summed E-state index contributed by atoms with van der Waals surface area (Å²) in [7, 11) is -24.4. The number of para-hydroxylation sites is 2. The Kier molecular flexibility index (Phi) is 15.9. The molecule has 0 unspecified atom stereocenters. The van der Waals surface area contributed by atoms with Crippen molar-refractivity contribution in [3.05, 3.63) is 88.0 Å². The van der Waals surface area contributed by atoms with Gasteiger partial charge in [-0.1, -0.05) is 23.5 Å². The van der Waals surface area contributed by atoms with Crippen LogP contribution in [0.15, 0.2) is 112 Å². The van der Waals surface area contributed by atoms with Gasteiger partial charge in [0.25, 0.3) is 56.3 Å². The van der Waals surface area contributed by atoms with Gasteiger partial charge < -0.3 is 19.8 Å². The lowest BCUT2D eigenvalue weighted by molar-refractivity contribution is -0.384. The number of thiazole rings is 1. The lowest BCUT2D eigenvalue weighted by atomic mass is 10.1. The number of hydrogen-bond donors (Lipinski definition) is 7. The molecule has 0 atom stereocenters. The van der Waals surface area contributed by atoms with Gasteiger partial charge in [0.05, 0.1) is 45.0 Å². The predicted molar refractivity (Wildman–Crippen MR) is 285 cm³/mol. The minimum atomic E-state index is -5.62. The quantitative estimate of drug-likeness (QED) is 0.0164. The molecule has 0 spiro atoms. The topological polar surface area (TPSA) is 496 Å². The molecule has 38 heteroatoms. The number of nitro groups is 1. The summed E-state index contributed by atoms with van der Waals surface area (Å²) in [5.41, 5.74) is -3.59. The zero-order valence-electron chi connectivity index (χ0n) is 40.8. The van der Waals surface area contributed by atoms with Crippen LogP contribution in [-0.2, 0) is 50.6 Å². The van der Waals surface area contributed by atoms with Crippen molar-refractivity contribution in [1.29, 1.82) is 5.26 Å². The maximum atomic E-state index is 13.2. The standard InChI is InChI=1S/C43H36N12O20S6/c1-21-25(20-44)41-45-26-7-3-4-8-30(26)54(41)42(57)36(21)50-47-27-10-9-23-24(40(27)81(72,73)74)17-35(80(69,70)71)38(39(23)56)51-48-28-19-32(75-2)29(18-31(28)53(11-5-13-77(60,61)62)12-6-14-78(63,64)65)49-52-43-46-37-33(76-43)15-22(55(58)59)16-34(37)79(66,67)68/h3-4,7-10,15-19,56-57H,5-6,11-14H2,1-2H3,(H,60,61,62)(H,63,64,65)(H,66,67,68)(H,69,70,71)(H,72,73,74). The molecule has 0 bridgehead atoms. The van der Waals surface area contributed by atoms with E-state index in [1.807, 2.05) is 6.07 Å². The lowest BCUT2D eigenvalue weighted by Crippen LogP contribution is -2.28. The normalized spacial score (nSPS) is 13.0. The molecule has 8 aromatic rings. The maximum Gasteiger partial charge on any atom is 0.297 e. The Morgan fingerprint density at radius 2 is 1.35 bits per heavy atom. The van der Waals surface area contributed by atoms with E-state index >= 15 is 0 Å². The van der Waals surface area contributed by atoms with Crippen molar-refractivity contribution in [2.24, 2.45) is 30.7 Å². The Morgan fingerprint density at radius 1 is 0.728 bits per heavy atom. The number of ether oxygens (including phenoxy) is 1. The van der Waals surface area contributed by atoms with Crippen LogP contribution < -0.4 is 9.64 Å². The van der Waals surface area contributed by atoms with Gasteiger partial charge in [-0.3, -0.25) is 37.3 Å². The van der Waals surface area contributed by atoms with Crippen LogP contribution in [0.25, 0.3) is 37.7 Å². The zero-order chi connectivity index (χ0) is 59.3. The summed E-state index contributed by atoms with van der Waals surface area (Å²) >= 11 is 0.581. The van der Waals surface area contributed by atoms with Crippen LogP contribution >= 0.6 is 11.3 Å². The third kappa shape index (κ3) is 12.5. The molecular weight excluding hydrogens is 1200 g/mol. The monoisotopic (exact) mass is 1230 g/mol. The first-order valence-electron chi connectivity index (χ1n) is 22.3. The number of phenolic OH excluding ortho intramolecular Hbond substituents is 1. The molecule has 0 saturated heterocycles. The first-order valence-corrected chi connectivity index (χ1v) is 30.6. The molecule has 3 heterocycles. The van der Waals surface area contributed by atoms with Gasteiger partial charge >= 0.3 is 0 Å². The number of anilines is 1. The Hall–Kier alpha value is -8.36. The van der Waals surface area contributed by atoms with Crippen molar-refractivity contribution in [2.45, 2.75) is 34.5 Å². The highest BCUT2D eigenvalue weighted by Gasteiger charge is 2.30. The molecule has 0 aliphatic rings. The minimum Gasteiger partial charge on any atom is -0.505 e. The molecule has 5 aromatic carbocycles. The summed E-state index contributed by atoms with van der Waals surface area (Å²) in [6, 6.07) is 14.4. The highest BCUT2D eigenvalue weighted by atomic mass is 32.2. The Balaban J connectivity index is 1.29. The Bertz CT molecular complexity index is 4680. The third-order valence-electron chi connectivity index (χ3n) is 11.7. The zero-order valence-corrected chi connectivity index (χ0v) is 45.7. The second kappa shape index (κ2) is 21.9. The van der Waals surface area contributed by atoms with Gasteiger partial charge in [-0.05, 0) is 56.2 Å². The lowest BCUT2D eigenvalue weighted by Gasteiger charge is -2.26. The summed E-state index contributed by atoms with van der Waals surface area (Å²) in [5.74, 6) is -3.84. The van der Waals surface area contributed by atoms with E-state index in [0.29, 0.717) is 34.5 Å². The molecule has 0 radical (unpaired) electrons. The first kappa shape index (κ1) is 58.8. The number of aromatic nitrogens is 3. The van der Waals surface area contributed by atoms with Gasteiger partial charge in [-0.2, -0.15) is 47.4 Å². The fourth-order valence-electron chi connectivity index (χ4n) is 8.22. The van der Waals surface area contributed by atoms with E-state index in [1.165, 1.54) is 16.2 Å². The Labute approximate surface area is 459 Å². The number of rotatable bonds is 20. The molecule has 0 saturated carbocycles. The van der Waals surface area contributed by atoms with Crippen LogP contribution in [0.2, 0.25) is 0 Å². The van der Waals surface area contributed by atoms with Crippen molar-refractivity contribution in [3.63, 3.8) is 0 Å². The molecule has 7 N–H and O–H groups in total. The Morgan fingerprint density at radius 3 is 1.94 bits per heavy atom. The number of methoxy groups -OCH3 is 1. The molecular formula is C43H36N12O20S6. The smallest absolute Gasteiger partial charge is 0.297 e.